The van der Waals surface area contributed by atoms with E-state index >= 15 is 0 Å². The van der Waals surface area contributed by atoms with Crippen LogP contribution in [-0.2, 0) is 28.6 Å². The normalized spacial score (nSPS) is 8.67. The molecule has 0 heterocycles. The van der Waals surface area contributed by atoms with Crippen molar-refractivity contribution in [2.45, 2.75) is 6.92 Å². The molecule has 2 N–H and O–H groups in total. The second kappa shape index (κ2) is 13.4. The maximum Gasteiger partial charge on any atom is 0.325 e. The molecule has 8 nitrogen and oxygen atoms in total. The summed E-state index contributed by atoms with van der Waals surface area (Å²) < 4.78 is 13.3. The molecule has 0 spiro atoms. The predicted molar refractivity (Wildman–Crippen MR) is 62.6 cm³/mol. The molecular formula is C10H20N2O6. The number of nitrogens with one attached hydrogen (secondary N) is 2. The van der Waals surface area contributed by atoms with E-state index in [-0.39, 0.29) is 19.9 Å². The van der Waals surface area contributed by atoms with Gasteiger partial charge in [0.15, 0.2) is 0 Å². The number of hydrogen-bond donors (Lipinski definition) is 2. The number of esters is 1. The first-order valence-corrected chi connectivity index (χ1v) is 5.14. The number of hydrogen-bond acceptors (Lipinski definition) is 6. The van der Waals surface area contributed by atoms with Gasteiger partial charge in [-0.1, -0.05) is 0 Å². The monoisotopic (exact) mass is 264 g/mol. The summed E-state index contributed by atoms with van der Waals surface area (Å²) in [4.78, 5) is 32.7. The van der Waals surface area contributed by atoms with Crippen molar-refractivity contribution in [3.63, 3.8) is 0 Å². The molecular weight excluding hydrogens is 244 g/mol. The highest BCUT2D eigenvalue weighted by Gasteiger charge is 2.13. The van der Waals surface area contributed by atoms with E-state index in [2.05, 4.69) is 24.8 Å². The van der Waals surface area contributed by atoms with Gasteiger partial charge in [-0.15, -0.1) is 0 Å². The van der Waals surface area contributed by atoms with Crippen molar-refractivity contribution < 1.29 is 28.6 Å². The van der Waals surface area contributed by atoms with E-state index in [4.69, 9.17) is 0 Å². The first kappa shape index (κ1) is 18.7. The Labute approximate surface area is 106 Å². The molecule has 0 unspecified atom stereocenters. The highest BCUT2D eigenvalue weighted by Crippen LogP contribution is 1.76. The average molecular weight is 264 g/mol. The predicted octanol–water partition coefficient (Wildman–Crippen LogP) is -1.35. The van der Waals surface area contributed by atoms with Crippen LogP contribution >= 0.6 is 0 Å². The third kappa shape index (κ3) is 12.4. The molecule has 106 valence electrons. The number of carbonyl (C=O) groups excluding carboxylic acids is 3. The van der Waals surface area contributed by atoms with Gasteiger partial charge in [0.1, 0.15) is 13.3 Å². The lowest BCUT2D eigenvalue weighted by atomic mass is 10.5. The van der Waals surface area contributed by atoms with Gasteiger partial charge in [0, 0.05) is 21.3 Å². The molecule has 0 aliphatic rings. The molecule has 0 rings (SSSR count). The molecule has 0 aliphatic carbocycles. The Hall–Kier alpha value is -1.67. The summed E-state index contributed by atoms with van der Waals surface area (Å²) in [7, 11) is 4.62. The van der Waals surface area contributed by atoms with E-state index in [0.717, 1.165) is 0 Å². The van der Waals surface area contributed by atoms with Crippen molar-refractivity contribution in [1.82, 2.24) is 10.6 Å². The van der Waals surface area contributed by atoms with Crippen molar-refractivity contribution in [2.75, 3.05) is 41.2 Å². The van der Waals surface area contributed by atoms with Gasteiger partial charge in [0.25, 0.3) is 0 Å². The second-order valence-corrected chi connectivity index (χ2v) is 2.83. The SMILES string of the molecule is CCOC(=O)CNC(=O)C(=O)NCOC.COC. The molecule has 0 aromatic rings. The molecule has 0 saturated heterocycles. The fraction of sp³-hybridized carbons (Fsp3) is 0.700. The molecule has 2 amide bonds. The van der Waals surface area contributed by atoms with E-state index in [1.54, 1.807) is 21.1 Å². The molecule has 0 bridgehead atoms. The number of methoxy groups -OCH3 is 2. The van der Waals surface area contributed by atoms with Crippen LogP contribution in [0.5, 0.6) is 0 Å². The van der Waals surface area contributed by atoms with Crippen molar-refractivity contribution in [3.8, 4) is 0 Å². The first-order valence-electron chi connectivity index (χ1n) is 5.14. The number of ether oxygens (including phenoxy) is 3. The van der Waals surface area contributed by atoms with E-state index in [9.17, 15) is 14.4 Å². The van der Waals surface area contributed by atoms with Crippen LogP contribution in [-0.4, -0.2) is 59.0 Å². The van der Waals surface area contributed by atoms with Gasteiger partial charge >= 0.3 is 17.8 Å². The molecule has 0 aliphatic heterocycles. The Kier molecular flexibility index (Phi) is 13.9. The quantitative estimate of drug-likeness (QED) is 0.361. The van der Waals surface area contributed by atoms with Crippen molar-refractivity contribution in [1.29, 1.82) is 0 Å². The smallest absolute Gasteiger partial charge is 0.325 e. The van der Waals surface area contributed by atoms with Crippen LogP contribution in [0.3, 0.4) is 0 Å². The summed E-state index contributed by atoms with van der Waals surface area (Å²) in [5, 5.41) is 4.26. The van der Waals surface area contributed by atoms with Crippen LogP contribution in [0.15, 0.2) is 0 Å². The minimum absolute atomic E-state index is 0.0638. The lowest BCUT2D eigenvalue weighted by Crippen LogP contribution is -2.42. The fourth-order valence-electron chi connectivity index (χ4n) is 0.663. The van der Waals surface area contributed by atoms with E-state index in [0.29, 0.717) is 0 Å². The maximum absolute atomic E-state index is 11.0. The van der Waals surface area contributed by atoms with E-state index < -0.39 is 17.8 Å². The Morgan fingerprint density at radius 1 is 1.00 bits per heavy atom. The lowest BCUT2D eigenvalue weighted by Gasteiger charge is -2.05. The lowest BCUT2D eigenvalue weighted by molar-refractivity contribution is -0.145. The van der Waals surface area contributed by atoms with Crippen LogP contribution in [0.2, 0.25) is 0 Å². The van der Waals surface area contributed by atoms with Crippen LogP contribution in [0.1, 0.15) is 6.92 Å². The third-order valence-electron chi connectivity index (χ3n) is 1.28. The van der Waals surface area contributed by atoms with Gasteiger partial charge in [-0.25, -0.2) is 0 Å². The van der Waals surface area contributed by atoms with E-state index in [1.165, 1.54) is 7.11 Å². The molecule has 8 heteroatoms. The fourth-order valence-corrected chi connectivity index (χ4v) is 0.663. The highest BCUT2D eigenvalue weighted by molar-refractivity contribution is 6.35. The Morgan fingerprint density at radius 2 is 1.50 bits per heavy atom. The van der Waals surface area contributed by atoms with Gasteiger partial charge in [-0.2, -0.15) is 0 Å². The summed E-state index contributed by atoms with van der Waals surface area (Å²) in [6.07, 6.45) is 0. The number of carbonyl (C=O) groups is 3. The zero-order valence-corrected chi connectivity index (χ0v) is 11.1. The summed E-state index contributed by atoms with van der Waals surface area (Å²) in [5.74, 6) is -2.35. The van der Waals surface area contributed by atoms with Gasteiger partial charge < -0.3 is 24.8 Å². The summed E-state index contributed by atoms with van der Waals surface area (Å²) in [6.45, 7) is 1.48. The average Bonchev–Trinajstić information content (AvgIpc) is 2.34. The largest absolute Gasteiger partial charge is 0.465 e. The van der Waals surface area contributed by atoms with Crippen molar-refractivity contribution in [3.05, 3.63) is 0 Å². The highest BCUT2D eigenvalue weighted by atomic mass is 16.5. The van der Waals surface area contributed by atoms with Crippen molar-refractivity contribution in [2.24, 2.45) is 0 Å². The molecule has 0 aromatic carbocycles. The molecule has 0 fully saturated rings. The molecule has 0 atom stereocenters. The topological polar surface area (TPSA) is 103 Å². The maximum atomic E-state index is 11.0. The van der Waals surface area contributed by atoms with E-state index in [1.807, 2.05) is 0 Å². The third-order valence-corrected chi connectivity index (χ3v) is 1.28. The Morgan fingerprint density at radius 3 is 1.94 bits per heavy atom. The van der Waals surface area contributed by atoms with Gasteiger partial charge in [-0.05, 0) is 6.92 Å². The zero-order valence-electron chi connectivity index (χ0n) is 11.1. The summed E-state index contributed by atoms with van der Waals surface area (Å²) >= 11 is 0. The first-order chi connectivity index (χ1) is 8.53. The van der Waals surface area contributed by atoms with Crippen LogP contribution in [0, 0.1) is 0 Å². The van der Waals surface area contributed by atoms with Gasteiger partial charge in [-0.3, -0.25) is 14.4 Å². The van der Waals surface area contributed by atoms with Crippen molar-refractivity contribution >= 4 is 17.8 Å². The molecule has 0 aromatic heterocycles. The Balaban J connectivity index is 0. The minimum atomic E-state index is -0.903. The number of amides is 2. The molecule has 0 radical (unpaired) electrons. The summed E-state index contributed by atoms with van der Waals surface area (Å²) in [5.41, 5.74) is 0. The van der Waals surface area contributed by atoms with Gasteiger partial charge in [0.05, 0.1) is 6.61 Å². The molecule has 0 saturated carbocycles. The standard InChI is InChI=1S/C8H14N2O5.C2H6O/c1-3-15-6(11)4-9-7(12)8(13)10-5-14-2;1-3-2/h3-5H2,1-2H3,(H,9,12)(H,10,13);1-2H3. The van der Waals surface area contributed by atoms with Crippen LogP contribution < -0.4 is 10.6 Å². The zero-order chi connectivity index (χ0) is 14.4. The van der Waals surface area contributed by atoms with Crippen LogP contribution in [0.25, 0.3) is 0 Å². The van der Waals surface area contributed by atoms with Crippen LogP contribution in [0.4, 0.5) is 0 Å². The minimum Gasteiger partial charge on any atom is -0.465 e. The molecule has 18 heavy (non-hydrogen) atoms. The number of rotatable bonds is 5. The Bertz CT molecular complexity index is 257. The van der Waals surface area contributed by atoms with Gasteiger partial charge in [0.2, 0.25) is 0 Å². The summed E-state index contributed by atoms with van der Waals surface area (Å²) in [6, 6.07) is 0. The second-order valence-electron chi connectivity index (χ2n) is 2.83.